The predicted octanol–water partition coefficient (Wildman–Crippen LogP) is -0.472. The van der Waals surface area contributed by atoms with Crippen LogP contribution in [0.1, 0.15) is 11.7 Å². The van der Waals surface area contributed by atoms with Crippen molar-refractivity contribution in [3.8, 4) is 0 Å². The van der Waals surface area contributed by atoms with E-state index in [4.69, 9.17) is 10.2 Å². The van der Waals surface area contributed by atoms with Gasteiger partial charge in [0.2, 0.25) is 0 Å². The van der Waals surface area contributed by atoms with E-state index in [2.05, 4.69) is 10.2 Å². The van der Waals surface area contributed by atoms with Gasteiger partial charge in [-0.1, -0.05) is 0 Å². The molecule has 0 saturated carbocycles. The molecule has 0 saturated heterocycles. The van der Waals surface area contributed by atoms with E-state index in [-0.39, 0.29) is 5.56 Å². The number of carboxylic acids is 1. The molecule has 0 radical (unpaired) electrons. The van der Waals surface area contributed by atoms with Crippen molar-refractivity contribution in [1.29, 1.82) is 0 Å². The van der Waals surface area contributed by atoms with Crippen molar-refractivity contribution < 1.29 is 15.0 Å². The number of aliphatic hydroxyl groups is 1. The summed E-state index contributed by atoms with van der Waals surface area (Å²) in [6.07, 6.45) is 1.12. The van der Waals surface area contributed by atoms with Crippen molar-refractivity contribution >= 4 is 5.97 Å². The number of hydrogen-bond acceptors (Lipinski definition) is 3. The van der Waals surface area contributed by atoms with Crippen LogP contribution < -0.4 is 0 Å². The summed E-state index contributed by atoms with van der Waals surface area (Å²) in [4.78, 5) is 10.1. The van der Waals surface area contributed by atoms with Crippen molar-refractivity contribution in [3.63, 3.8) is 0 Å². The zero-order chi connectivity index (χ0) is 7.56. The number of H-pyrrole nitrogens is 1. The molecule has 0 bridgehead atoms. The molecule has 5 heteroatoms. The van der Waals surface area contributed by atoms with E-state index in [1.165, 1.54) is 12.4 Å². The summed E-state index contributed by atoms with van der Waals surface area (Å²) < 4.78 is 0. The first-order valence-corrected chi connectivity index (χ1v) is 2.61. The Morgan fingerprint density at radius 2 is 2.50 bits per heavy atom. The normalized spacial score (nSPS) is 12.9. The third-order valence-electron chi connectivity index (χ3n) is 1.07. The van der Waals surface area contributed by atoms with Crippen LogP contribution in [0.15, 0.2) is 12.4 Å². The lowest BCUT2D eigenvalue weighted by atomic mass is 10.2. The zero-order valence-electron chi connectivity index (χ0n) is 4.98. The minimum atomic E-state index is -1.47. The minimum absolute atomic E-state index is 0.257. The molecule has 1 atom stereocenters. The second-order valence-electron chi connectivity index (χ2n) is 1.77. The van der Waals surface area contributed by atoms with Gasteiger partial charge in [0.25, 0.3) is 0 Å². The standard InChI is InChI=1S/C5H6N2O3/c8-4(5(9)10)3-1-6-7-2-3/h1-2,4,8H,(H,6,7)(H,9,10). The van der Waals surface area contributed by atoms with Gasteiger partial charge < -0.3 is 10.2 Å². The third-order valence-corrected chi connectivity index (χ3v) is 1.07. The van der Waals surface area contributed by atoms with E-state index in [0.717, 1.165) is 0 Å². The minimum Gasteiger partial charge on any atom is -0.479 e. The Bertz CT molecular complexity index is 219. The summed E-state index contributed by atoms with van der Waals surface area (Å²) in [5, 5.41) is 23.0. The number of nitrogens with one attached hydrogen (secondary N) is 1. The Morgan fingerprint density at radius 1 is 1.80 bits per heavy atom. The maximum absolute atomic E-state index is 10.1. The SMILES string of the molecule is O=C(O)C(O)c1cn[nH]c1. The predicted molar refractivity (Wildman–Crippen MR) is 31.2 cm³/mol. The molecule has 3 N–H and O–H groups in total. The van der Waals surface area contributed by atoms with Crippen molar-refractivity contribution in [3.05, 3.63) is 18.0 Å². The lowest BCUT2D eigenvalue weighted by molar-refractivity contribution is -0.146. The number of carbonyl (C=O) groups is 1. The molecule has 5 nitrogen and oxygen atoms in total. The van der Waals surface area contributed by atoms with Gasteiger partial charge in [0.05, 0.1) is 6.20 Å². The zero-order valence-corrected chi connectivity index (χ0v) is 4.98. The molecule has 0 fully saturated rings. The lowest BCUT2D eigenvalue weighted by Crippen LogP contribution is -2.09. The van der Waals surface area contributed by atoms with Crippen LogP contribution in [0.5, 0.6) is 0 Å². The fourth-order valence-electron chi connectivity index (χ4n) is 0.553. The number of rotatable bonds is 2. The van der Waals surface area contributed by atoms with Crippen molar-refractivity contribution in [2.45, 2.75) is 6.10 Å². The van der Waals surface area contributed by atoms with Gasteiger partial charge in [0, 0.05) is 11.8 Å². The highest BCUT2D eigenvalue weighted by Gasteiger charge is 2.15. The number of aromatic nitrogens is 2. The van der Waals surface area contributed by atoms with Gasteiger partial charge in [0.1, 0.15) is 0 Å². The molecule has 10 heavy (non-hydrogen) atoms. The van der Waals surface area contributed by atoms with E-state index in [9.17, 15) is 4.79 Å². The highest BCUT2D eigenvalue weighted by Crippen LogP contribution is 2.08. The molecule has 1 heterocycles. The number of hydrogen-bond donors (Lipinski definition) is 3. The second-order valence-corrected chi connectivity index (χ2v) is 1.77. The van der Waals surface area contributed by atoms with E-state index in [1.807, 2.05) is 0 Å². The quantitative estimate of drug-likeness (QED) is 0.521. The van der Waals surface area contributed by atoms with Crippen molar-refractivity contribution in [1.82, 2.24) is 10.2 Å². The van der Waals surface area contributed by atoms with Gasteiger partial charge in [-0.15, -0.1) is 0 Å². The first-order valence-electron chi connectivity index (χ1n) is 2.61. The Balaban J connectivity index is 2.77. The fourth-order valence-corrected chi connectivity index (χ4v) is 0.553. The number of aliphatic carboxylic acids is 1. The summed E-state index contributed by atoms with van der Waals surface area (Å²) in [7, 11) is 0. The average molecular weight is 142 g/mol. The molecule has 0 aliphatic carbocycles. The highest BCUT2D eigenvalue weighted by atomic mass is 16.4. The molecule has 54 valence electrons. The molecule has 1 aromatic rings. The van der Waals surface area contributed by atoms with Crippen LogP contribution in [0.4, 0.5) is 0 Å². The molecule has 0 spiro atoms. The maximum Gasteiger partial charge on any atom is 0.337 e. The second kappa shape index (κ2) is 2.49. The molecule has 0 aliphatic rings. The van der Waals surface area contributed by atoms with Crippen molar-refractivity contribution in [2.75, 3.05) is 0 Å². The van der Waals surface area contributed by atoms with E-state index >= 15 is 0 Å². The summed E-state index contributed by atoms with van der Waals surface area (Å²) in [6.45, 7) is 0. The number of nitrogens with zero attached hydrogens (tertiary/aromatic N) is 1. The van der Waals surface area contributed by atoms with Gasteiger partial charge in [-0.05, 0) is 0 Å². The number of aliphatic hydroxyl groups excluding tert-OH is 1. The first kappa shape index (κ1) is 6.76. The summed E-state index contributed by atoms with van der Waals surface area (Å²) >= 11 is 0. The summed E-state index contributed by atoms with van der Waals surface area (Å²) in [6, 6.07) is 0. The topological polar surface area (TPSA) is 86.2 Å². The Hall–Kier alpha value is -1.36. The first-order chi connectivity index (χ1) is 4.72. The number of aromatic amines is 1. The molecule has 0 aliphatic heterocycles. The van der Waals surface area contributed by atoms with E-state index < -0.39 is 12.1 Å². The Labute approximate surface area is 56.3 Å². The van der Waals surface area contributed by atoms with Gasteiger partial charge in [-0.2, -0.15) is 5.10 Å². The largest absolute Gasteiger partial charge is 0.479 e. The fraction of sp³-hybridized carbons (Fsp3) is 0.200. The van der Waals surface area contributed by atoms with Crippen LogP contribution in [-0.4, -0.2) is 26.4 Å². The third kappa shape index (κ3) is 1.14. The molecular formula is C5H6N2O3. The molecule has 0 aromatic carbocycles. The van der Waals surface area contributed by atoms with Crippen LogP contribution in [0.2, 0.25) is 0 Å². The van der Waals surface area contributed by atoms with Crippen LogP contribution >= 0.6 is 0 Å². The summed E-state index contributed by atoms with van der Waals surface area (Å²) in [5.74, 6) is -1.28. The molecule has 1 unspecified atom stereocenters. The van der Waals surface area contributed by atoms with E-state index in [0.29, 0.717) is 0 Å². The molecular weight excluding hydrogens is 136 g/mol. The van der Waals surface area contributed by atoms with Gasteiger partial charge in [-0.3, -0.25) is 5.10 Å². The lowest BCUT2D eigenvalue weighted by Gasteiger charge is -1.98. The number of carboxylic acid groups (broad SMARTS) is 1. The van der Waals surface area contributed by atoms with E-state index in [1.54, 1.807) is 0 Å². The Morgan fingerprint density at radius 3 is 2.90 bits per heavy atom. The van der Waals surface area contributed by atoms with Gasteiger partial charge in [-0.25, -0.2) is 4.79 Å². The monoisotopic (exact) mass is 142 g/mol. The maximum atomic E-state index is 10.1. The molecule has 1 rings (SSSR count). The highest BCUT2D eigenvalue weighted by molar-refractivity contribution is 5.73. The molecule has 0 amide bonds. The molecule has 1 aromatic heterocycles. The van der Waals surface area contributed by atoms with Crippen LogP contribution in [-0.2, 0) is 4.79 Å². The van der Waals surface area contributed by atoms with Crippen LogP contribution in [0.25, 0.3) is 0 Å². The van der Waals surface area contributed by atoms with Gasteiger partial charge in [0.15, 0.2) is 6.10 Å². The van der Waals surface area contributed by atoms with Gasteiger partial charge >= 0.3 is 5.97 Å². The Kier molecular flexibility index (Phi) is 1.68. The average Bonchev–Trinajstić information content (AvgIpc) is 2.36. The van der Waals surface area contributed by atoms with Crippen LogP contribution in [0, 0.1) is 0 Å². The van der Waals surface area contributed by atoms with Crippen molar-refractivity contribution in [2.24, 2.45) is 0 Å². The smallest absolute Gasteiger partial charge is 0.337 e. The van der Waals surface area contributed by atoms with Crippen LogP contribution in [0.3, 0.4) is 0 Å². The summed E-state index contributed by atoms with van der Waals surface area (Å²) in [5.41, 5.74) is 0.257.